The molecule has 2 aromatic heterocycles. The van der Waals surface area contributed by atoms with Gasteiger partial charge in [-0.3, -0.25) is 0 Å². The quantitative estimate of drug-likeness (QED) is 0.329. The first-order valence-corrected chi connectivity index (χ1v) is 9.67. The highest BCUT2D eigenvalue weighted by molar-refractivity contribution is 6.33. The molecule has 0 aliphatic carbocycles. The van der Waals surface area contributed by atoms with Gasteiger partial charge in [-0.1, -0.05) is 50.6 Å². The van der Waals surface area contributed by atoms with Crippen molar-refractivity contribution >= 4 is 35.0 Å². The Hall–Kier alpha value is -2.51. The van der Waals surface area contributed by atoms with Crippen LogP contribution in [0.2, 0.25) is 5.02 Å². The summed E-state index contributed by atoms with van der Waals surface area (Å²) in [5.41, 5.74) is 0.484. The molecule has 9 heteroatoms. The number of rotatable bonds is 2. The number of aromatic amines is 1. The fraction of sp³-hybridized carbons (Fsp3) is 0.273. The second kappa shape index (κ2) is 7.88. The third-order valence-corrected chi connectivity index (χ3v) is 5.12. The van der Waals surface area contributed by atoms with E-state index >= 15 is 0 Å². The van der Waals surface area contributed by atoms with Crippen LogP contribution < -0.4 is 0 Å². The summed E-state index contributed by atoms with van der Waals surface area (Å²) in [6.07, 6.45) is -4.59. The molecule has 0 unspecified atom stereocenters. The van der Waals surface area contributed by atoms with Crippen LogP contribution in [0.5, 0.6) is 0 Å². The molecule has 4 aromatic rings. The van der Waals surface area contributed by atoms with E-state index in [4.69, 9.17) is 16.0 Å². The third kappa shape index (κ3) is 4.29. The largest absolute Gasteiger partial charge is 0.439 e. The number of fused-ring (bicyclic) bond motifs is 1. The molecular weight excluding hydrogens is 450 g/mol. The van der Waals surface area contributed by atoms with Crippen LogP contribution in [0.1, 0.15) is 37.8 Å². The maximum absolute atomic E-state index is 13.8. The van der Waals surface area contributed by atoms with E-state index in [1.807, 2.05) is 20.8 Å². The highest BCUT2D eigenvalue weighted by Crippen LogP contribution is 2.40. The van der Waals surface area contributed by atoms with Crippen molar-refractivity contribution in [3.63, 3.8) is 0 Å². The lowest BCUT2D eigenvalue weighted by molar-refractivity contribution is -0.136. The maximum Gasteiger partial charge on any atom is 0.418 e. The summed E-state index contributed by atoms with van der Waals surface area (Å²) in [4.78, 5) is 11.6. The highest BCUT2D eigenvalue weighted by atomic mass is 35.5. The number of hydrogen-bond acceptors (Lipinski definition) is 3. The minimum Gasteiger partial charge on any atom is -0.439 e. The van der Waals surface area contributed by atoms with Crippen LogP contribution in [-0.2, 0) is 11.6 Å². The zero-order chi connectivity index (χ0) is 21.8. The summed E-state index contributed by atoms with van der Waals surface area (Å²) >= 11 is 6.21. The number of H-pyrrole nitrogens is 1. The molecular formula is C22H20Cl2F3N3O. The molecule has 4 rings (SSSR count). The summed E-state index contributed by atoms with van der Waals surface area (Å²) in [6.45, 7) is 7.73. The minimum atomic E-state index is -4.59. The molecule has 0 saturated heterocycles. The van der Waals surface area contributed by atoms with Crippen LogP contribution in [0.15, 0.2) is 40.8 Å². The van der Waals surface area contributed by atoms with Gasteiger partial charge in [0.2, 0.25) is 0 Å². The van der Waals surface area contributed by atoms with Gasteiger partial charge in [0.1, 0.15) is 11.3 Å². The van der Waals surface area contributed by atoms with Gasteiger partial charge in [0.25, 0.3) is 5.89 Å². The summed E-state index contributed by atoms with van der Waals surface area (Å²) in [7, 11) is 0. The van der Waals surface area contributed by atoms with E-state index in [0.29, 0.717) is 21.9 Å². The molecule has 0 spiro atoms. The van der Waals surface area contributed by atoms with Crippen LogP contribution in [0.25, 0.3) is 33.9 Å². The first-order chi connectivity index (χ1) is 13.9. The monoisotopic (exact) mass is 469 g/mol. The Morgan fingerprint density at radius 1 is 1.03 bits per heavy atom. The zero-order valence-electron chi connectivity index (χ0n) is 17.2. The molecule has 0 fully saturated rings. The average molecular weight is 470 g/mol. The van der Waals surface area contributed by atoms with Crippen LogP contribution in [-0.4, -0.2) is 15.0 Å². The number of imidazole rings is 1. The van der Waals surface area contributed by atoms with E-state index in [2.05, 4.69) is 15.0 Å². The van der Waals surface area contributed by atoms with Gasteiger partial charge in [-0.05, 0) is 30.7 Å². The fourth-order valence-corrected chi connectivity index (χ4v) is 3.72. The predicted molar refractivity (Wildman–Crippen MR) is 118 cm³/mol. The zero-order valence-corrected chi connectivity index (χ0v) is 18.8. The van der Waals surface area contributed by atoms with Crippen molar-refractivity contribution in [2.45, 2.75) is 39.3 Å². The Kier molecular flexibility index (Phi) is 5.88. The smallest absolute Gasteiger partial charge is 0.418 e. The van der Waals surface area contributed by atoms with Crippen molar-refractivity contribution < 1.29 is 17.6 Å². The number of aryl methyl sites for hydroxylation is 1. The van der Waals surface area contributed by atoms with Gasteiger partial charge in [-0.25, -0.2) is 9.97 Å². The molecule has 2 heterocycles. The maximum atomic E-state index is 13.8. The number of hydrogen-bond donors (Lipinski definition) is 1. The molecule has 4 nitrogen and oxygen atoms in total. The number of nitrogens with zero attached hydrogens (tertiary/aromatic N) is 2. The van der Waals surface area contributed by atoms with Gasteiger partial charge in [0.15, 0.2) is 5.82 Å². The number of nitrogens with one attached hydrogen (secondary N) is 1. The van der Waals surface area contributed by atoms with E-state index < -0.39 is 11.7 Å². The molecule has 0 bridgehead atoms. The van der Waals surface area contributed by atoms with Crippen molar-refractivity contribution in [2.75, 3.05) is 0 Å². The lowest BCUT2D eigenvalue weighted by atomic mass is 9.91. The van der Waals surface area contributed by atoms with Gasteiger partial charge in [0.05, 0.1) is 16.8 Å². The second-order valence-corrected chi connectivity index (χ2v) is 8.56. The van der Waals surface area contributed by atoms with Gasteiger partial charge in [-0.15, -0.1) is 12.4 Å². The summed E-state index contributed by atoms with van der Waals surface area (Å²) in [6, 6.07) is 9.42. The lowest BCUT2D eigenvalue weighted by Crippen LogP contribution is -2.13. The van der Waals surface area contributed by atoms with E-state index in [1.165, 1.54) is 0 Å². The minimum absolute atomic E-state index is 0. The van der Waals surface area contributed by atoms with Crippen molar-refractivity contribution in [2.24, 2.45) is 0 Å². The SMILES string of the molecule is Cc1oc(-c2nc3c(C(F)(F)F)cc(-c4ccccc4Cl)cc3[nH]2)nc1C(C)(C)C.Cl. The Balaban J connectivity index is 0.00000272. The summed E-state index contributed by atoms with van der Waals surface area (Å²) in [5.74, 6) is 0.900. The van der Waals surface area contributed by atoms with Crippen LogP contribution in [0, 0.1) is 6.92 Å². The molecule has 31 heavy (non-hydrogen) atoms. The second-order valence-electron chi connectivity index (χ2n) is 8.16. The summed E-state index contributed by atoms with van der Waals surface area (Å²) < 4.78 is 47.2. The van der Waals surface area contributed by atoms with Gasteiger partial charge < -0.3 is 9.40 Å². The number of oxazole rings is 1. The molecule has 0 aliphatic rings. The van der Waals surface area contributed by atoms with Crippen molar-refractivity contribution in [1.29, 1.82) is 0 Å². The molecule has 0 aliphatic heterocycles. The van der Waals surface area contributed by atoms with Gasteiger partial charge in [-0.2, -0.15) is 13.2 Å². The molecule has 0 amide bonds. The number of halogens is 5. The number of aromatic nitrogens is 3. The molecule has 164 valence electrons. The van der Waals surface area contributed by atoms with E-state index in [-0.39, 0.29) is 40.6 Å². The van der Waals surface area contributed by atoms with Crippen molar-refractivity contribution in [1.82, 2.24) is 15.0 Å². The molecule has 0 saturated carbocycles. The third-order valence-electron chi connectivity index (χ3n) is 4.79. The van der Waals surface area contributed by atoms with Gasteiger partial charge in [0, 0.05) is 16.0 Å². The van der Waals surface area contributed by atoms with Crippen LogP contribution in [0.4, 0.5) is 13.2 Å². The van der Waals surface area contributed by atoms with Gasteiger partial charge >= 0.3 is 6.18 Å². The number of alkyl halides is 3. The normalized spacial score (nSPS) is 12.3. The molecule has 0 atom stereocenters. The summed E-state index contributed by atoms with van der Waals surface area (Å²) in [5, 5.41) is 0.364. The topological polar surface area (TPSA) is 54.7 Å². The molecule has 2 aromatic carbocycles. The lowest BCUT2D eigenvalue weighted by Gasteiger charge is -2.14. The van der Waals surface area contributed by atoms with Crippen LogP contribution >= 0.6 is 24.0 Å². The van der Waals surface area contributed by atoms with E-state index in [0.717, 1.165) is 11.8 Å². The number of benzene rings is 2. The van der Waals surface area contributed by atoms with E-state index in [1.54, 1.807) is 37.3 Å². The standard InChI is InChI=1S/C22H19ClF3N3O.ClH/c1-11-18(21(2,3)4)29-20(30-11)19-27-16-10-12(13-7-5-6-8-15(13)23)9-14(17(16)28-19)22(24,25)26;/h5-10H,1-4H3,(H,27,28);1H. The van der Waals surface area contributed by atoms with E-state index in [9.17, 15) is 13.2 Å². The molecule has 0 radical (unpaired) electrons. The Labute approximate surface area is 188 Å². The van der Waals surface area contributed by atoms with Crippen molar-refractivity contribution in [3.05, 3.63) is 58.4 Å². The first kappa shape index (κ1) is 23.2. The Bertz CT molecular complexity index is 1250. The average Bonchev–Trinajstić information content (AvgIpc) is 3.23. The van der Waals surface area contributed by atoms with Crippen LogP contribution in [0.3, 0.4) is 0 Å². The molecule has 1 N–H and O–H groups in total. The first-order valence-electron chi connectivity index (χ1n) is 9.29. The fourth-order valence-electron chi connectivity index (χ4n) is 3.48. The Morgan fingerprint density at radius 2 is 1.71 bits per heavy atom. The van der Waals surface area contributed by atoms with Crippen molar-refractivity contribution in [3.8, 4) is 22.8 Å². The highest BCUT2D eigenvalue weighted by Gasteiger charge is 2.35. The predicted octanol–water partition coefficient (Wildman–Crippen LogP) is 7.58. The Morgan fingerprint density at radius 3 is 2.29 bits per heavy atom.